The highest BCUT2D eigenvalue weighted by atomic mass is 16.6. The van der Waals surface area contributed by atoms with Crippen LogP contribution in [0.1, 0.15) is 10.4 Å². The third kappa shape index (κ3) is 3.61. The number of nitro benzene ring substituents is 1. The smallest absolute Gasteiger partial charge is 0.270 e. The van der Waals surface area contributed by atoms with E-state index in [-0.39, 0.29) is 17.2 Å². The first-order chi connectivity index (χ1) is 12.1. The van der Waals surface area contributed by atoms with Gasteiger partial charge in [-0.3, -0.25) is 20.2 Å². The van der Waals surface area contributed by atoms with E-state index in [4.69, 9.17) is 4.74 Å². The van der Waals surface area contributed by atoms with E-state index in [1.54, 1.807) is 6.07 Å². The van der Waals surface area contributed by atoms with E-state index < -0.39 is 10.8 Å². The Kier molecular flexibility index (Phi) is 4.66. The second-order valence-corrected chi connectivity index (χ2v) is 5.13. The Hall–Kier alpha value is -3.34. The summed E-state index contributed by atoms with van der Waals surface area (Å²) in [7, 11) is 0. The number of morpholine rings is 1. The molecule has 0 radical (unpaired) electrons. The Morgan fingerprint density at radius 1 is 1.40 bits per heavy atom. The van der Waals surface area contributed by atoms with E-state index in [2.05, 4.69) is 27.3 Å². The van der Waals surface area contributed by atoms with E-state index in [1.807, 2.05) is 4.90 Å². The molecule has 0 saturated carbocycles. The zero-order valence-electron chi connectivity index (χ0n) is 13.2. The molecule has 11 heteroatoms. The van der Waals surface area contributed by atoms with Crippen LogP contribution in [0.4, 0.5) is 17.3 Å². The summed E-state index contributed by atoms with van der Waals surface area (Å²) in [5, 5.41) is 24.7. The van der Waals surface area contributed by atoms with Crippen molar-refractivity contribution in [2.75, 3.05) is 36.5 Å². The van der Waals surface area contributed by atoms with Crippen molar-refractivity contribution in [3.05, 3.63) is 40.5 Å². The lowest BCUT2D eigenvalue weighted by Crippen LogP contribution is -2.37. The predicted octanol–water partition coefficient (Wildman–Crippen LogP) is 0.771. The summed E-state index contributed by atoms with van der Waals surface area (Å²) in [6.07, 6.45) is 1.31. The molecule has 2 heterocycles. The molecule has 1 aromatic heterocycles. The first-order valence-corrected chi connectivity index (χ1v) is 7.43. The number of tetrazole rings is 1. The molecule has 0 atom stereocenters. The van der Waals surface area contributed by atoms with Crippen LogP contribution in [0.15, 0.2) is 24.8 Å². The number of aromatic nitrogens is 4. The maximum absolute atomic E-state index is 12.6. The average molecular weight is 345 g/mol. The first-order valence-electron chi connectivity index (χ1n) is 7.43. The Labute approximate surface area is 142 Å². The van der Waals surface area contributed by atoms with Crippen LogP contribution in [0, 0.1) is 10.1 Å². The second kappa shape index (κ2) is 7.05. The highest BCUT2D eigenvalue weighted by molar-refractivity contribution is 6.07. The SMILES string of the molecule is C=Cn1nnc(NC(=O)c2cc([N+](=O)[O-])ccc2N2CCOCC2)n1. The Morgan fingerprint density at radius 3 is 2.80 bits per heavy atom. The summed E-state index contributed by atoms with van der Waals surface area (Å²) < 4.78 is 5.30. The Bertz CT molecular complexity index is 813. The van der Waals surface area contributed by atoms with Crippen LogP contribution in [-0.4, -0.2) is 57.3 Å². The van der Waals surface area contributed by atoms with Gasteiger partial charge in [0.15, 0.2) is 0 Å². The van der Waals surface area contributed by atoms with Gasteiger partial charge in [0.25, 0.3) is 17.5 Å². The molecule has 0 bridgehead atoms. The molecule has 1 amide bonds. The lowest BCUT2D eigenvalue weighted by molar-refractivity contribution is -0.384. The summed E-state index contributed by atoms with van der Waals surface area (Å²) in [4.78, 5) is 26.2. The molecule has 1 N–H and O–H groups in total. The number of amides is 1. The summed E-state index contributed by atoms with van der Waals surface area (Å²) >= 11 is 0. The molecule has 0 aliphatic carbocycles. The van der Waals surface area contributed by atoms with Crippen molar-refractivity contribution in [2.45, 2.75) is 0 Å². The van der Waals surface area contributed by atoms with Gasteiger partial charge in [0, 0.05) is 31.4 Å². The fourth-order valence-corrected chi connectivity index (χ4v) is 2.42. The van der Waals surface area contributed by atoms with Crippen LogP contribution in [0.3, 0.4) is 0 Å². The summed E-state index contributed by atoms with van der Waals surface area (Å²) in [5.41, 5.74) is 0.568. The molecule has 3 rings (SSSR count). The molecule has 1 fully saturated rings. The highest BCUT2D eigenvalue weighted by Crippen LogP contribution is 2.27. The number of rotatable bonds is 5. The van der Waals surface area contributed by atoms with Gasteiger partial charge in [-0.15, -0.1) is 9.90 Å². The molecule has 1 aromatic carbocycles. The standard InChI is InChI=1S/C14H15N7O4/c1-2-20-17-14(16-18-20)15-13(22)11-9-10(21(23)24)3-4-12(11)19-5-7-25-8-6-19/h2-4,9H,1,5-8H2,(H,15,17,22). The van der Waals surface area contributed by atoms with Gasteiger partial charge in [-0.25, -0.2) is 0 Å². The van der Waals surface area contributed by atoms with Crippen LogP contribution < -0.4 is 10.2 Å². The van der Waals surface area contributed by atoms with E-state index in [0.717, 1.165) is 4.80 Å². The van der Waals surface area contributed by atoms with Crippen molar-refractivity contribution in [1.82, 2.24) is 20.2 Å². The fourth-order valence-electron chi connectivity index (χ4n) is 2.42. The van der Waals surface area contributed by atoms with Gasteiger partial charge in [-0.1, -0.05) is 11.7 Å². The number of nitro groups is 1. The number of nitrogens with one attached hydrogen (secondary N) is 1. The Morgan fingerprint density at radius 2 is 2.16 bits per heavy atom. The topological polar surface area (TPSA) is 128 Å². The highest BCUT2D eigenvalue weighted by Gasteiger charge is 2.23. The van der Waals surface area contributed by atoms with Crippen molar-refractivity contribution in [1.29, 1.82) is 0 Å². The maximum Gasteiger partial charge on any atom is 0.270 e. The molecule has 0 spiro atoms. The molecule has 130 valence electrons. The molecular weight excluding hydrogens is 330 g/mol. The number of anilines is 2. The third-order valence-corrected chi connectivity index (χ3v) is 3.60. The van der Waals surface area contributed by atoms with Crippen molar-refractivity contribution in [3.63, 3.8) is 0 Å². The van der Waals surface area contributed by atoms with E-state index in [1.165, 1.54) is 18.3 Å². The monoisotopic (exact) mass is 345 g/mol. The molecule has 0 unspecified atom stereocenters. The first kappa shape index (κ1) is 16.5. The predicted molar refractivity (Wildman–Crippen MR) is 88.3 cm³/mol. The van der Waals surface area contributed by atoms with Crippen molar-refractivity contribution >= 4 is 29.4 Å². The van der Waals surface area contributed by atoms with Crippen molar-refractivity contribution in [3.8, 4) is 0 Å². The largest absolute Gasteiger partial charge is 0.378 e. The van der Waals surface area contributed by atoms with Crippen molar-refractivity contribution in [2.24, 2.45) is 0 Å². The lowest BCUT2D eigenvalue weighted by Gasteiger charge is -2.30. The normalized spacial score (nSPS) is 14.2. The minimum atomic E-state index is -0.561. The fraction of sp³-hybridized carbons (Fsp3) is 0.286. The van der Waals surface area contributed by atoms with Gasteiger partial charge in [0.2, 0.25) is 0 Å². The van der Waals surface area contributed by atoms with E-state index >= 15 is 0 Å². The molecular formula is C14H15N7O4. The minimum absolute atomic E-state index is 0.0238. The number of non-ortho nitro benzene ring substituents is 1. The maximum atomic E-state index is 12.6. The van der Waals surface area contributed by atoms with Crippen LogP contribution >= 0.6 is 0 Å². The summed E-state index contributed by atoms with van der Waals surface area (Å²) in [5.74, 6) is -0.585. The lowest BCUT2D eigenvalue weighted by atomic mass is 10.1. The zero-order chi connectivity index (χ0) is 17.8. The van der Waals surface area contributed by atoms with Crippen LogP contribution in [0.5, 0.6) is 0 Å². The number of ether oxygens (including phenoxy) is 1. The molecule has 11 nitrogen and oxygen atoms in total. The quantitative estimate of drug-likeness (QED) is 0.621. The number of carbonyl (C=O) groups excluding carboxylic acids is 1. The molecule has 2 aromatic rings. The number of benzene rings is 1. The number of hydrogen-bond donors (Lipinski definition) is 1. The van der Waals surface area contributed by atoms with Gasteiger partial charge >= 0.3 is 0 Å². The number of hydrogen-bond acceptors (Lipinski definition) is 8. The van der Waals surface area contributed by atoms with Gasteiger partial charge in [-0.2, -0.15) is 0 Å². The van der Waals surface area contributed by atoms with Gasteiger partial charge in [-0.05, 0) is 11.3 Å². The Balaban J connectivity index is 1.92. The van der Waals surface area contributed by atoms with Crippen molar-refractivity contribution < 1.29 is 14.5 Å². The summed E-state index contributed by atoms with van der Waals surface area (Å²) in [6.45, 7) is 5.69. The number of carbonyl (C=O) groups is 1. The van der Waals surface area contributed by atoms with Gasteiger partial charge in [0.1, 0.15) is 0 Å². The number of nitrogens with zero attached hydrogens (tertiary/aromatic N) is 6. The van der Waals surface area contributed by atoms with E-state index in [0.29, 0.717) is 32.0 Å². The molecule has 1 saturated heterocycles. The van der Waals surface area contributed by atoms with Crippen LogP contribution in [-0.2, 0) is 4.74 Å². The van der Waals surface area contributed by atoms with E-state index in [9.17, 15) is 14.9 Å². The average Bonchev–Trinajstić information content (AvgIpc) is 3.09. The molecule has 1 aliphatic rings. The second-order valence-electron chi connectivity index (χ2n) is 5.13. The van der Waals surface area contributed by atoms with Gasteiger partial charge < -0.3 is 9.64 Å². The summed E-state index contributed by atoms with van der Waals surface area (Å²) in [6, 6.07) is 4.16. The van der Waals surface area contributed by atoms with Crippen LogP contribution in [0.25, 0.3) is 6.20 Å². The third-order valence-electron chi connectivity index (χ3n) is 3.60. The van der Waals surface area contributed by atoms with Crippen LogP contribution in [0.2, 0.25) is 0 Å². The minimum Gasteiger partial charge on any atom is -0.378 e. The molecule has 1 aliphatic heterocycles. The zero-order valence-corrected chi connectivity index (χ0v) is 13.2. The van der Waals surface area contributed by atoms with Gasteiger partial charge in [0.05, 0.1) is 29.4 Å². The molecule has 25 heavy (non-hydrogen) atoms.